The zero-order valence-electron chi connectivity index (χ0n) is 17.9. The van der Waals surface area contributed by atoms with Crippen molar-refractivity contribution in [1.82, 2.24) is 19.7 Å². The first-order chi connectivity index (χ1) is 14.6. The Kier molecular flexibility index (Phi) is 6.46. The Morgan fingerprint density at radius 2 is 1.90 bits per heavy atom. The smallest absolute Gasteiger partial charge is 0.236 e. The fourth-order valence-corrected chi connectivity index (χ4v) is 4.97. The molecule has 0 radical (unpaired) electrons. The highest BCUT2D eigenvalue weighted by molar-refractivity contribution is 5.78. The number of likely N-dealkylation sites (N-methyl/N-ethyl adjacent to an activating group) is 1. The van der Waals surface area contributed by atoms with Crippen LogP contribution in [-0.4, -0.2) is 89.7 Å². The van der Waals surface area contributed by atoms with Crippen LogP contribution < -0.4 is 0 Å². The van der Waals surface area contributed by atoms with Crippen LogP contribution in [0.25, 0.3) is 11.1 Å². The number of carbonyl (C=O) groups excluding carboxylic acids is 1. The second-order valence-electron chi connectivity index (χ2n) is 8.73. The van der Waals surface area contributed by atoms with E-state index < -0.39 is 0 Å². The molecule has 4 rings (SSSR count). The maximum Gasteiger partial charge on any atom is 0.236 e. The van der Waals surface area contributed by atoms with Crippen molar-refractivity contribution >= 4 is 5.91 Å². The summed E-state index contributed by atoms with van der Waals surface area (Å²) < 4.78 is 0. The number of carbonyl (C=O) groups is 1. The van der Waals surface area contributed by atoms with Gasteiger partial charge in [0.2, 0.25) is 5.91 Å². The lowest BCUT2D eigenvalue weighted by Gasteiger charge is -2.57. The van der Waals surface area contributed by atoms with Crippen LogP contribution in [0.3, 0.4) is 0 Å². The van der Waals surface area contributed by atoms with Gasteiger partial charge in [0.25, 0.3) is 0 Å². The van der Waals surface area contributed by atoms with Crippen molar-refractivity contribution in [2.75, 3.05) is 46.9 Å². The molecule has 1 amide bonds. The average Bonchev–Trinajstić information content (AvgIpc) is 2.73. The van der Waals surface area contributed by atoms with Crippen LogP contribution in [0.2, 0.25) is 0 Å². The maximum absolute atomic E-state index is 12.8. The molecule has 1 aromatic carbocycles. The van der Waals surface area contributed by atoms with Gasteiger partial charge in [-0.15, -0.1) is 0 Å². The first-order valence-electron chi connectivity index (χ1n) is 10.9. The van der Waals surface area contributed by atoms with Crippen molar-refractivity contribution in [3.63, 3.8) is 0 Å². The second kappa shape index (κ2) is 9.25. The van der Waals surface area contributed by atoms with Crippen molar-refractivity contribution in [2.45, 2.75) is 30.8 Å². The molecule has 2 saturated heterocycles. The van der Waals surface area contributed by atoms with Crippen molar-refractivity contribution in [3.8, 4) is 11.1 Å². The lowest BCUT2D eigenvalue weighted by atomic mass is 9.74. The minimum Gasteiger partial charge on any atom is -0.395 e. The summed E-state index contributed by atoms with van der Waals surface area (Å²) in [5, 5.41) is 10.1. The molecule has 30 heavy (non-hydrogen) atoms. The van der Waals surface area contributed by atoms with Gasteiger partial charge in [-0.25, -0.2) is 0 Å². The van der Waals surface area contributed by atoms with E-state index in [0.717, 1.165) is 43.6 Å². The summed E-state index contributed by atoms with van der Waals surface area (Å²) in [6, 6.07) is 13.0. The van der Waals surface area contributed by atoms with Gasteiger partial charge < -0.3 is 14.9 Å². The summed E-state index contributed by atoms with van der Waals surface area (Å²) in [6.07, 6.45) is 5.74. The fourth-order valence-electron chi connectivity index (χ4n) is 4.97. The molecule has 160 valence electrons. The van der Waals surface area contributed by atoms with Gasteiger partial charge in [-0.2, -0.15) is 0 Å². The molecule has 1 N–H and O–H groups in total. The Labute approximate surface area is 179 Å². The number of fused-ring (bicyclic) bond motifs is 1. The molecule has 0 unspecified atom stereocenters. The summed E-state index contributed by atoms with van der Waals surface area (Å²) in [4.78, 5) is 23.3. The van der Waals surface area contributed by atoms with Gasteiger partial charge in [0.1, 0.15) is 0 Å². The van der Waals surface area contributed by atoms with Crippen LogP contribution in [-0.2, 0) is 4.79 Å². The molecule has 2 aliphatic rings. The van der Waals surface area contributed by atoms with Crippen molar-refractivity contribution in [3.05, 3.63) is 54.4 Å². The number of amides is 1. The summed E-state index contributed by atoms with van der Waals surface area (Å²) in [7, 11) is 3.87. The molecule has 0 saturated carbocycles. The Bertz CT molecular complexity index is 840. The molecule has 0 spiro atoms. The van der Waals surface area contributed by atoms with Crippen LogP contribution in [0.5, 0.6) is 0 Å². The van der Waals surface area contributed by atoms with Crippen LogP contribution in [0.4, 0.5) is 0 Å². The first kappa shape index (κ1) is 21.0. The van der Waals surface area contributed by atoms with Crippen molar-refractivity contribution in [2.24, 2.45) is 0 Å². The SMILES string of the molecule is CN(C)CC(=O)N1CCCCN2[C@H](CO)[C@@H](c3ccc(-c4cccnc4)cc3)[C@H]2C1. The molecule has 3 atom stereocenters. The summed E-state index contributed by atoms with van der Waals surface area (Å²) in [5.41, 5.74) is 3.48. The van der Waals surface area contributed by atoms with Gasteiger partial charge in [-0.3, -0.25) is 14.7 Å². The quantitative estimate of drug-likeness (QED) is 0.821. The third-order valence-corrected chi connectivity index (χ3v) is 6.46. The summed E-state index contributed by atoms with van der Waals surface area (Å²) >= 11 is 0. The summed E-state index contributed by atoms with van der Waals surface area (Å²) in [6.45, 7) is 3.15. The summed E-state index contributed by atoms with van der Waals surface area (Å²) in [5.74, 6) is 0.436. The fraction of sp³-hybridized carbons (Fsp3) is 0.500. The molecular formula is C24H32N4O2. The van der Waals surface area contributed by atoms with Gasteiger partial charge in [0.05, 0.1) is 13.2 Å². The van der Waals surface area contributed by atoms with E-state index in [4.69, 9.17) is 0 Å². The van der Waals surface area contributed by atoms with Crippen molar-refractivity contribution < 1.29 is 9.90 Å². The number of hydrogen-bond donors (Lipinski definition) is 1. The molecule has 2 fully saturated rings. The molecule has 3 heterocycles. The number of aliphatic hydroxyl groups is 1. The number of benzene rings is 1. The van der Waals surface area contributed by atoms with Gasteiger partial charge in [-0.1, -0.05) is 30.3 Å². The second-order valence-corrected chi connectivity index (χ2v) is 8.73. The van der Waals surface area contributed by atoms with Crippen LogP contribution in [0.1, 0.15) is 24.3 Å². The Morgan fingerprint density at radius 3 is 2.57 bits per heavy atom. The first-order valence-corrected chi connectivity index (χ1v) is 10.9. The molecule has 6 heteroatoms. The number of pyridine rings is 1. The molecule has 2 aliphatic heterocycles. The van der Waals surface area contributed by atoms with Crippen LogP contribution >= 0.6 is 0 Å². The number of aliphatic hydroxyl groups excluding tert-OH is 1. The minimum atomic E-state index is 0.128. The standard InChI is InChI=1S/C24H32N4O2/c1-26(2)16-23(30)27-12-3-4-13-28-21(15-27)24(22(28)17-29)19-9-7-18(8-10-19)20-6-5-11-25-14-20/h5-11,14,21-22,24,29H,3-4,12-13,15-17H2,1-2H3/t21-,22-,24+/m1/s1. The van der Waals surface area contributed by atoms with Crippen molar-refractivity contribution in [1.29, 1.82) is 0 Å². The number of aromatic nitrogens is 1. The van der Waals surface area contributed by atoms with Crippen LogP contribution in [0, 0.1) is 0 Å². The monoisotopic (exact) mass is 408 g/mol. The Morgan fingerprint density at radius 1 is 1.13 bits per heavy atom. The molecule has 6 nitrogen and oxygen atoms in total. The normalized spacial score (nSPS) is 24.7. The number of hydrogen-bond acceptors (Lipinski definition) is 5. The Balaban J connectivity index is 1.55. The highest BCUT2D eigenvalue weighted by atomic mass is 16.3. The lowest BCUT2D eigenvalue weighted by Crippen LogP contribution is -2.68. The van der Waals surface area contributed by atoms with Gasteiger partial charge in [0, 0.05) is 43.5 Å². The van der Waals surface area contributed by atoms with E-state index in [0.29, 0.717) is 6.54 Å². The molecular weight excluding hydrogens is 376 g/mol. The molecule has 0 aliphatic carbocycles. The highest BCUT2D eigenvalue weighted by Crippen LogP contribution is 2.42. The lowest BCUT2D eigenvalue weighted by molar-refractivity contribution is -0.137. The zero-order chi connectivity index (χ0) is 21.1. The minimum absolute atomic E-state index is 0.128. The average molecular weight is 409 g/mol. The van der Waals surface area contributed by atoms with E-state index in [9.17, 15) is 9.90 Å². The zero-order valence-corrected chi connectivity index (χ0v) is 17.9. The van der Waals surface area contributed by atoms with Gasteiger partial charge in [-0.05, 0) is 56.2 Å². The van der Waals surface area contributed by atoms with E-state index in [-0.39, 0.29) is 30.5 Å². The molecule has 1 aromatic heterocycles. The topological polar surface area (TPSA) is 59.9 Å². The predicted molar refractivity (Wildman–Crippen MR) is 118 cm³/mol. The number of rotatable bonds is 5. The van der Waals surface area contributed by atoms with Crippen LogP contribution in [0.15, 0.2) is 48.8 Å². The third kappa shape index (κ3) is 4.26. The van der Waals surface area contributed by atoms with E-state index in [1.54, 1.807) is 6.20 Å². The van der Waals surface area contributed by atoms with Gasteiger partial charge in [0.15, 0.2) is 0 Å². The van der Waals surface area contributed by atoms with E-state index in [1.807, 2.05) is 36.2 Å². The van der Waals surface area contributed by atoms with E-state index in [2.05, 4.69) is 40.2 Å². The third-order valence-electron chi connectivity index (χ3n) is 6.46. The maximum atomic E-state index is 12.8. The molecule has 2 aromatic rings. The van der Waals surface area contributed by atoms with E-state index >= 15 is 0 Å². The largest absolute Gasteiger partial charge is 0.395 e. The van der Waals surface area contributed by atoms with E-state index in [1.165, 1.54) is 5.56 Å². The predicted octanol–water partition coefficient (Wildman–Crippen LogP) is 2.06. The number of nitrogens with zero attached hydrogens (tertiary/aromatic N) is 4. The highest BCUT2D eigenvalue weighted by Gasteiger charge is 2.49. The Hall–Kier alpha value is -2.28. The molecule has 0 bridgehead atoms. The van der Waals surface area contributed by atoms with Gasteiger partial charge >= 0.3 is 0 Å².